The smallest absolute Gasteiger partial charge is 0.136 e. The fourth-order valence-corrected chi connectivity index (χ4v) is 2.65. The average molecular weight is 254 g/mol. The van der Waals surface area contributed by atoms with Crippen LogP contribution in [0.1, 0.15) is 0 Å². The number of para-hydroxylation sites is 1. The van der Waals surface area contributed by atoms with Gasteiger partial charge in [-0.15, -0.1) is 0 Å². The number of nitrogens with zero attached hydrogens (tertiary/aromatic N) is 1. The van der Waals surface area contributed by atoms with Crippen molar-refractivity contribution in [3.63, 3.8) is 0 Å². The van der Waals surface area contributed by atoms with Crippen molar-refractivity contribution in [1.29, 1.82) is 0 Å². The zero-order chi connectivity index (χ0) is 12.1. The molecule has 2 nitrogen and oxygen atoms in total. The molecule has 0 bridgehead atoms. The fraction of sp³-hybridized carbons (Fsp3) is 0. The van der Waals surface area contributed by atoms with E-state index in [2.05, 4.69) is 11.1 Å². The number of furan rings is 1. The third kappa shape index (κ3) is 1.21. The molecule has 0 saturated heterocycles. The summed E-state index contributed by atoms with van der Waals surface area (Å²) in [7, 11) is 0. The first-order valence-corrected chi connectivity index (χ1v) is 6.06. The van der Waals surface area contributed by atoms with Gasteiger partial charge in [0, 0.05) is 33.9 Å². The molecule has 0 N–H and O–H groups in total. The van der Waals surface area contributed by atoms with Gasteiger partial charge in [0.1, 0.15) is 11.2 Å². The van der Waals surface area contributed by atoms with Gasteiger partial charge in [-0.2, -0.15) is 0 Å². The maximum atomic E-state index is 6.18. The molecule has 0 aliphatic carbocycles. The lowest BCUT2D eigenvalue weighted by Crippen LogP contribution is -1.78. The molecule has 0 amide bonds. The van der Waals surface area contributed by atoms with Gasteiger partial charge >= 0.3 is 0 Å². The van der Waals surface area contributed by atoms with Crippen molar-refractivity contribution >= 4 is 44.3 Å². The first-order valence-electron chi connectivity index (χ1n) is 5.68. The summed E-state index contributed by atoms with van der Waals surface area (Å²) in [6.45, 7) is 0. The van der Waals surface area contributed by atoms with E-state index in [0.29, 0.717) is 5.02 Å². The molecule has 4 aromatic rings. The van der Waals surface area contributed by atoms with Crippen LogP contribution in [0.25, 0.3) is 32.7 Å². The molecule has 0 aliphatic rings. The van der Waals surface area contributed by atoms with Crippen molar-refractivity contribution in [3.05, 3.63) is 53.8 Å². The Morgan fingerprint density at radius 1 is 0.833 bits per heavy atom. The quantitative estimate of drug-likeness (QED) is 0.450. The van der Waals surface area contributed by atoms with E-state index in [4.69, 9.17) is 16.0 Å². The van der Waals surface area contributed by atoms with Crippen molar-refractivity contribution in [2.45, 2.75) is 0 Å². The second kappa shape index (κ2) is 3.47. The number of aromatic nitrogens is 1. The summed E-state index contributed by atoms with van der Waals surface area (Å²) in [6.07, 6.45) is 3.50. The molecule has 4 rings (SSSR count). The molecule has 0 atom stereocenters. The maximum Gasteiger partial charge on any atom is 0.136 e. The lowest BCUT2D eigenvalue weighted by Gasteiger charge is -2.00. The fourth-order valence-electron chi connectivity index (χ4n) is 2.43. The van der Waals surface area contributed by atoms with Gasteiger partial charge in [0.15, 0.2) is 0 Å². The molecule has 0 radical (unpaired) electrons. The lowest BCUT2D eigenvalue weighted by atomic mass is 10.1. The molecule has 0 spiro atoms. The predicted octanol–water partition coefficient (Wildman–Crippen LogP) is 4.79. The van der Waals surface area contributed by atoms with E-state index in [-0.39, 0.29) is 0 Å². The van der Waals surface area contributed by atoms with E-state index < -0.39 is 0 Å². The SMILES string of the molecule is Clc1cncc2c1ccc1oc3ccccc3c12. The first-order chi connectivity index (χ1) is 8.84. The van der Waals surface area contributed by atoms with Gasteiger partial charge in [0.2, 0.25) is 0 Å². The van der Waals surface area contributed by atoms with Gasteiger partial charge < -0.3 is 4.42 Å². The minimum Gasteiger partial charge on any atom is -0.456 e. The van der Waals surface area contributed by atoms with E-state index in [1.54, 1.807) is 6.20 Å². The Morgan fingerprint density at radius 2 is 1.72 bits per heavy atom. The highest BCUT2D eigenvalue weighted by molar-refractivity contribution is 6.36. The van der Waals surface area contributed by atoms with Crippen molar-refractivity contribution in [2.24, 2.45) is 0 Å². The predicted molar refractivity (Wildman–Crippen MR) is 74.0 cm³/mol. The van der Waals surface area contributed by atoms with Crippen molar-refractivity contribution in [1.82, 2.24) is 4.98 Å². The van der Waals surface area contributed by atoms with Crippen LogP contribution in [0.2, 0.25) is 5.02 Å². The molecule has 3 heteroatoms. The summed E-state index contributed by atoms with van der Waals surface area (Å²) >= 11 is 6.18. The molecule has 0 fully saturated rings. The Balaban J connectivity index is 2.37. The van der Waals surface area contributed by atoms with E-state index in [9.17, 15) is 0 Å². The van der Waals surface area contributed by atoms with E-state index in [1.165, 1.54) is 0 Å². The van der Waals surface area contributed by atoms with Crippen LogP contribution < -0.4 is 0 Å². The Kier molecular flexibility index (Phi) is 1.91. The molecule has 2 aromatic carbocycles. The third-order valence-corrected chi connectivity index (χ3v) is 3.53. The highest BCUT2D eigenvalue weighted by Gasteiger charge is 2.11. The highest BCUT2D eigenvalue weighted by atomic mass is 35.5. The van der Waals surface area contributed by atoms with Crippen LogP contribution in [0, 0.1) is 0 Å². The Hall–Kier alpha value is -2.06. The number of fused-ring (bicyclic) bond motifs is 5. The minimum atomic E-state index is 0.666. The molecule has 18 heavy (non-hydrogen) atoms. The van der Waals surface area contributed by atoms with Crippen LogP contribution in [-0.4, -0.2) is 4.98 Å². The maximum absolute atomic E-state index is 6.18. The van der Waals surface area contributed by atoms with E-state index in [0.717, 1.165) is 32.7 Å². The summed E-state index contributed by atoms with van der Waals surface area (Å²) in [5.74, 6) is 0. The topological polar surface area (TPSA) is 26.0 Å². The third-order valence-electron chi connectivity index (χ3n) is 3.23. The Bertz CT molecular complexity index is 895. The summed E-state index contributed by atoms with van der Waals surface area (Å²) in [5.41, 5.74) is 1.76. The minimum absolute atomic E-state index is 0.666. The molecular formula is C15H8ClNO. The van der Waals surface area contributed by atoms with Crippen LogP contribution in [-0.2, 0) is 0 Å². The van der Waals surface area contributed by atoms with E-state index >= 15 is 0 Å². The Morgan fingerprint density at radius 3 is 2.67 bits per heavy atom. The first kappa shape index (κ1) is 9.92. The number of benzene rings is 2. The molecular weight excluding hydrogens is 246 g/mol. The lowest BCUT2D eigenvalue weighted by molar-refractivity contribution is 0.669. The van der Waals surface area contributed by atoms with Gasteiger partial charge in [-0.05, 0) is 18.2 Å². The Labute approximate surface area is 108 Å². The highest BCUT2D eigenvalue weighted by Crippen LogP contribution is 2.35. The van der Waals surface area contributed by atoms with Gasteiger partial charge in [-0.1, -0.05) is 29.8 Å². The molecule has 86 valence electrons. The zero-order valence-corrected chi connectivity index (χ0v) is 10.1. The molecule has 2 heterocycles. The van der Waals surface area contributed by atoms with Crippen LogP contribution in [0.3, 0.4) is 0 Å². The largest absolute Gasteiger partial charge is 0.456 e. The van der Waals surface area contributed by atoms with Crippen LogP contribution in [0.4, 0.5) is 0 Å². The van der Waals surface area contributed by atoms with E-state index in [1.807, 2.05) is 36.5 Å². The summed E-state index contributed by atoms with van der Waals surface area (Å²) in [6, 6.07) is 11.9. The van der Waals surface area contributed by atoms with Crippen LogP contribution in [0.5, 0.6) is 0 Å². The number of pyridine rings is 1. The molecule has 0 saturated carbocycles. The van der Waals surface area contributed by atoms with Gasteiger partial charge in [0.05, 0.1) is 5.02 Å². The zero-order valence-electron chi connectivity index (χ0n) is 9.35. The van der Waals surface area contributed by atoms with Crippen LogP contribution in [0.15, 0.2) is 53.2 Å². The van der Waals surface area contributed by atoms with Crippen molar-refractivity contribution < 1.29 is 4.42 Å². The molecule has 0 aliphatic heterocycles. The molecule has 0 unspecified atom stereocenters. The normalized spacial score (nSPS) is 11.6. The van der Waals surface area contributed by atoms with Gasteiger partial charge in [-0.25, -0.2) is 0 Å². The van der Waals surface area contributed by atoms with Gasteiger partial charge in [-0.3, -0.25) is 4.98 Å². The standard InChI is InChI=1S/C15H8ClNO/c16-12-8-17-7-11-9(12)5-6-14-15(11)10-3-1-2-4-13(10)18-14/h1-8H. The van der Waals surface area contributed by atoms with Crippen molar-refractivity contribution in [2.75, 3.05) is 0 Å². The summed E-state index contributed by atoms with van der Waals surface area (Å²) < 4.78 is 5.83. The summed E-state index contributed by atoms with van der Waals surface area (Å²) in [4.78, 5) is 4.18. The molecule has 2 aromatic heterocycles. The second-order valence-electron chi connectivity index (χ2n) is 4.25. The average Bonchev–Trinajstić information content (AvgIpc) is 2.77. The number of rotatable bonds is 0. The van der Waals surface area contributed by atoms with Crippen LogP contribution >= 0.6 is 11.6 Å². The second-order valence-corrected chi connectivity index (χ2v) is 4.66. The number of hydrogen-bond acceptors (Lipinski definition) is 2. The summed E-state index contributed by atoms with van der Waals surface area (Å²) in [5, 5.41) is 4.88. The number of halogens is 1. The van der Waals surface area contributed by atoms with Crippen molar-refractivity contribution in [3.8, 4) is 0 Å². The van der Waals surface area contributed by atoms with Gasteiger partial charge in [0.25, 0.3) is 0 Å². The number of hydrogen-bond donors (Lipinski definition) is 0. The monoisotopic (exact) mass is 253 g/mol.